The van der Waals surface area contributed by atoms with Crippen LogP contribution in [0.15, 0.2) is 60.8 Å². The molecule has 1 aliphatic heterocycles. The largest absolute Gasteiger partial charge is 0.380 e. The van der Waals surface area contributed by atoms with Gasteiger partial charge in [-0.3, -0.25) is 9.59 Å². The van der Waals surface area contributed by atoms with Gasteiger partial charge in [0.25, 0.3) is 0 Å². The first-order valence-corrected chi connectivity index (χ1v) is 17.0. The fraction of sp³-hybridized carbons (Fsp3) is 0.514. The molecule has 0 atom stereocenters. The predicted octanol–water partition coefficient (Wildman–Crippen LogP) is 4.69. The summed E-state index contributed by atoms with van der Waals surface area (Å²) in [4.78, 5) is 27.2. The molecule has 49 heavy (non-hydrogen) atoms. The summed E-state index contributed by atoms with van der Waals surface area (Å²) in [6.45, 7) is 18.3. The Kier molecular flexibility index (Phi) is 14.3. The maximum Gasteiger partial charge on any atom is 0.246 e. The topological polar surface area (TPSA) is 129 Å². The highest BCUT2D eigenvalue weighted by Crippen LogP contribution is 2.42. The Balaban J connectivity index is 1.17. The highest BCUT2D eigenvalue weighted by Gasteiger charge is 2.31. The van der Waals surface area contributed by atoms with Crippen molar-refractivity contribution in [3.63, 3.8) is 0 Å². The van der Waals surface area contributed by atoms with Crippen LogP contribution in [0.5, 0.6) is 0 Å². The number of carbonyl (C=O) groups is 2. The lowest BCUT2D eigenvalue weighted by Gasteiger charge is -2.30. The molecule has 12 nitrogen and oxygen atoms in total. The van der Waals surface area contributed by atoms with Crippen LogP contribution >= 0.6 is 0 Å². The molecule has 0 saturated carbocycles. The Morgan fingerprint density at radius 1 is 0.837 bits per heavy atom. The standard InChI is InChI=1S/C37H52N6O6/c1-27(2)39-33(44)16-18-47-20-22-49-24-23-48-21-19-46-17-15-28(3)38-25-34(45)42-26-29-11-7-8-12-30(29)35-36(31-13-9-10-14-32(31)42)43(41-40-35)37(4,5)6/h7-14,27,38H,3,15-26H2,1-2,4-6H3,(H,39,44). The number of carbonyl (C=O) groups excluding carboxylic acids is 2. The molecule has 0 bridgehead atoms. The lowest BCUT2D eigenvalue weighted by Crippen LogP contribution is -2.38. The normalized spacial score (nSPS) is 12.5. The zero-order valence-electron chi connectivity index (χ0n) is 29.6. The number of aromatic nitrogens is 3. The van der Waals surface area contributed by atoms with Gasteiger partial charge in [-0.1, -0.05) is 54.3 Å². The summed E-state index contributed by atoms with van der Waals surface area (Å²) in [5.74, 6) is -0.0824. The molecule has 1 aliphatic rings. The van der Waals surface area contributed by atoms with Gasteiger partial charge in [0.15, 0.2) is 0 Å². The molecular formula is C37H52N6O6. The molecule has 12 heteroatoms. The lowest BCUT2D eigenvalue weighted by molar-refractivity contribution is -0.122. The van der Waals surface area contributed by atoms with Gasteiger partial charge >= 0.3 is 0 Å². The fourth-order valence-corrected chi connectivity index (χ4v) is 5.35. The molecule has 2 amide bonds. The van der Waals surface area contributed by atoms with E-state index in [-0.39, 0.29) is 29.9 Å². The van der Waals surface area contributed by atoms with Gasteiger partial charge in [-0.05, 0) is 46.2 Å². The van der Waals surface area contributed by atoms with Crippen LogP contribution in [0, 0.1) is 0 Å². The average molecular weight is 677 g/mol. The number of rotatable bonds is 19. The molecule has 0 unspecified atom stereocenters. The van der Waals surface area contributed by atoms with Crippen LogP contribution in [-0.4, -0.2) is 92.2 Å². The van der Waals surface area contributed by atoms with E-state index in [1.54, 1.807) is 0 Å². The molecule has 0 saturated heterocycles. The van der Waals surface area contributed by atoms with Crippen LogP contribution in [0.4, 0.5) is 5.69 Å². The number of benzene rings is 2. The van der Waals surface area contributed by atoms with Gasteiger partial charge in [-0.25, -0.2) is 4.68 Å². The zero-order chi connectivity index (χ0) is 35.2. The van der Waals surface area contributed by atoms with Crippen LogP contribution in [0.1, 0.15) is 53.0 Å². The first kappa shape index (κ1) is 37.7. The third kappa shape index (κ3) is 11.2. The number of nitrogens with one attached hydrogen (secondary N) is 2. The van der Waals surface area contributed by atoms with Crippen LogP contribution in [0.3, 0.4) is 0 Å². The minimum atomic E-state index is -0.315. The molecule has 3 aromatic rings. The number of anilines is 1. The highest BCUT2D eigenvalue weighted by atomic mass is 16.6. The van der Waals surface area contributed by atoms with Crippen molar-refractivity contribution >= 4 is 17.5 Å². The fourth-order valence-electron chi connectivity index (χ4n) is 5.35. The Bertz CT molecular complexity index is 1530. The molecule has 2 heterocycles. The van der Waals surface area contributed by atoms with Gasteiger partial charge < -0.3 is 34.5 Å². The monoisotopic (exact) mass is 676 g/mol. The molecule has 4 rings (SSSR count). The van der Waals surface area contributed by atoms with Crippen LogP contribution in [0.2, 0.25) is 0 Å². The van der Waals surface area contributed by atoms with E-state index in [4.69, 9.17) is 18.9 Å². The van der Waals surface area contributed by atoms with E-state index in [1.807, 2.05) is 72.0 Å². The SMILES string of the molecule is C=C(CCOCCOCCOCCOCCC(=O)NC(C)C)NCC(=O)N1Cc2ccccc2-c2nnn(C(C)(C)C)c2-c2ccccc21. The van der Waals surface area contributed by atoms with E-state index in [0.29, 0.717) is 72.2 Å². The molecule has 2 aromatic carbocycles. The minimum absolute atomic E-state index is 0.0118. The second kappa shape index (κ2) is 18.6. The molecule has 1 aromatic heterocycles. The van der Waals surface area contributed by atoms with Gasteiger partial charge in [0.2, 0.25) is 11.8 Å². The number of ether oxygens (including phenoxy) is 4. The van der Waals surface area contributed by atoms with Crippen molar-refractivity contribution < 1.29 is 28.5 Å². The molecule has 0 radical (unpaired) electrons. The van der Waals surface area contributed by atoms with Crippen molar-refractivity contribution in [3.8, 4) is 22.5 Å². The summed E-state index contributed by atoms with van der Waals surface area (Å²) in [7, 11) is 0. The molecule has 0 spiro atoms. The molecule has 0 fully saturated rings. The Morgan fingerprint density at radius 3 is 2.04 bits per heavy atom. The van der Waals surface area contributed by atoms with Gasteiger partial charge in [0.05, 0.1) is 82.9 Å². The first-order valence-electron chi connectivity index (χ1n) is 17.0. The average Bonchev–Trinajstić information content (AvgIpc) is 3.51. The zero-order valence-corrected chi connectivity index (χ0v) is 29.6. The van der Waals surface area contributed by atoms with Gasteiger partial charge in [-0.2, -0.15) is 0 Å². The first-order chi connectivity index (χ1) is 23.6. The summed E-state index contributed by atoms with van der Waals surface area (Å²) >= 11 is 0. The second-order valence-electron chi connectivity index (χ2n) is 13.2. The van der Waals surface area contributed by atoms with E-state index >= 15 is 0 Å². The summed E-state index contributed by atoms with van der Waals surface area (Å²) in [6, 6.07) is 16.1. The molecule has 266 valence electrons. The number of hydrogen-bond donors (Lipinski definition) is 2. The smallest absolute Gasteiger partial charge is 0.246 e. The van der Waals surface area contributed by atoms with E-state index in [1.165, 1.54) is 0 Å². The minimum Gasteiger partial charge on any atom is -0.380 e. The van der Waals surface area contributed by atoms with Crippen molar-refractivity contribution in [2.45, 2.75) is 65.6 Å². The van der Waals surface area contributed by atoms with Gasteiger partial charge in [0, 0.05) is 35.7 Å². The summed E-state index contributed by atoms with van der Waals surface area (Å²) < 4.78 is 24.1. The van der Waals surface area contributed by atoms with Crippen molar-refractivity contribution in [2.24, 2.45) is 0 Å². The number of para-hydroxylation sites is 1. The maximum absolute atomic E-state index is 13.8. The van der Waals surface area contributed by atoms with E-state index in [9.17, 15) is 9.59 Å². The highest BCUT2D eigenvalue weighted by molar-refractivity contribution is 6.01. The quantitative estimate of drug-likeness (QED) is 0.174. The van der Waals surface area contributed by atoms with Gasteiger partial charge in [0.1, 0.15) is 5.69 Å². The van der Waals surface area contributed by atoms with Crippen molar-refractivity contribution in [3.05, 3.63) is 66.4 Å². The number of fused-ring (bicyclic) bond motifs is 5. The van der Waals surface area contributed by atoms with E-state index in [2.05, 4.69) is 48.3 Å². The van der Waals surface area contributed by atoms with Crippen LogP contribution in [-0.2, 0) is 40.6 Å². The number of hydrogen-bond acceptors (Lipinski definition) is 9. The lowest BCUT2D eigenvalue weighted by atomic mass is 9.94. The third-order valence-electron chi connectivity index (χ3n) is 7.73. The Morgan fingerprint density at radius 2 is 1.41 bits per heavy atom. The molecular weight excluding hydrogens is 624 g/mol. The summed E-state index contributed by atoms with van der Waals surface area (Å²) in [5, 5.41) is 15.2. The maximum atomic E-state index is 13.8. The van der Waals surface area contributed by atoms with Crippen molar-refractivity contribution in [1.29, 1.82) is 0 Å². The summed E-state index contributed by atoms with van der Waals surface area (Å²) in [5.41, 5.74) is 5.82. The van der Waals surface area contributed by atoms with Crippen LogP contribution in [0.25, 0.3) is 22.5 Å². The van der Waals surface area contributed by atoms with E-state index in [0.717, 1.165) is 39.5 Å². The third-order valence-corrected chi connectivity index (χ3v) is 7.73. The number of amides is 2. The van der Waals surface area contributed by atoms with Gasteiger partial charge in [-0.15, -0.1) is 5.10 Å². The van der Waals surface area contributed by atoms with Crippen molar-refractivity contribution in [1.82, 2.24) is 25.6 Å². The number of nitrogens with zero attached hydrogens (tertiary/aromatic N) is 4. The van der Waals surface area contributed by atoms with Crippen LogP contribution < -0.4 is 15.5 Å². The molecule has 0 aliphatic carbocycles. The van der Waals surface area contributed by atoms with Crippen molar-refractivity contribution in [2.75, 3.05) is 64.3 Å². The Labute approximate surface area is 290 Å². The summed E-state index contributed by atoms with van der Waals surface area (Å²) in [6.07, 6.45) is 0.909. The Hall–Kier alpha value is -4.10. The van der Waals surface area contributed by atoms with E-state index < -0.39 is 0 Å². The molecule has 2 N–H and O–H groups in total. The second-order valence-corrected chi connectivity index (χ2v) is 13.2. The predicted molar refractivity (Wildman–Crippen MR) is 190 cm³/mol.